The van der Waals surface area contributed by atoms with Gasteiger partial charge >= 0.3 is 6.09 Å². The van der Waals surface area contributed by atoms with Crippen molar-refractivity contribution in [2.24, 2.45) is 5.92 Å². The zero-order valence-electron chi connectivity index (χ0n) is 10.8. The highest BCUT2D eigenvalue weighted by atomic mass is 16.4. The summed E-state index contributed by atoms with van der Waals surface area (Å²) in [6.07, 6.45) is 0.963. The molecule has 2 aliphatic heterocycles. The van der Waals surface area contributed by atoms with E-state index in [0.29, 0.717) is 26.2 Å². The third-order valence-corrected chi connectivity index (χ3v) is 3.93. The Bertz CT molecular complexity index is 319. The van der Waals surface area contributed by atoms with Crippen molar-refractivity contribution in [2.75, 3.05) is 46.3 Å². The Kier molecular flexibility index (Phi) is 4.06. The number of hydrogen-bond donors (Lipinski definition) is 1. The highest BCUT2D eigenvalue weighted by Crippen LogP contribution is 2.19. The van der Waals surface area contributed by atoms with Gasteiger partial charge in [-0.05, 0) is 33.0 Å². The number of piperazine rings is 1. The van der Waals surface area contributed by atoms with Crippen molar-refractivity contribution < 1.29 is 14.7 Å². The number of hydrogen-bond acceptors (Lipinski definition) is 3. The van der Waals surface area contributed by atoms with Crippen LogP contribution in [0.25, 0.3) is 0 Å². The Balaban J connectivity index is 1.82. The quantitative estimate of drug-likeness (QED) is 0.724. The second kappa shape index (κ2) is 5.56. The number of amides is 2. The molecule has 6 heteroatoms. The van der Waals surface area contributed by atoms with Gasteiger partial charge in [-0.15, -0.1) is 0 Å². The molecular weight excluding hydrogens is 234 g/mol. The van der Waals surface area contributed by atoms with Gasteiger partial charge in [0.1, 0.15) is 0 Å². The van der Waals surface area contributed by atoms with Gasteiger partial charge in [0.05, 0.1) is 0 Å². The van der Waals surface area contributed by atoms with E-state index in [1.165, 1.54) is 4.90 Å². The zero-order valence-corrected chi connectivity index (χ0v) is 10.8. The molecular formula is C12H21N3O3. The molecule has 1 N–H and O–H groups in total. The molecule has 18 heavy (non-hydrogen) atoms. The average Bonchev–Trinajstić information content (AvgIpc) is 2.39. The smallest absolute Gasteiger partial charge is 0.407 e. The number of nitrogens with zero attached hydrogens (tertiary/aromatic N) is 3. The minimum absolute atomic E-state index is 0.137. The summed E-state index contributed by atoms with van der Waals surface area (Å²) in [6, 6.07) is 0. The first kappa shape index (κ1) is 13.1. The number of carbonyl (C=O) groups is 2. The molecule has 102 valence electrons. The van der Waals surface area contributed by atoms with Crippen molar-refractivity contribution in [2.45, 2.75) is 12.8 Å². The van der Waals surface area contributed by atoms with Crippen LogP contribution >= 0.6 is 0 Å². The molecule has 0 atom stereocenters. The lowest BCUT2D eigenvalue weighted by atomic mass is 9.95. The molecule has 0 bridgehead atoms. The molecule has 0 radical (unpaired) electrons. The summed E-state index contributed by atoms with van der Waals surface area (Å²) >= 11 is 0. The number of carbonyl (C=O) groups excluding carboxylic acids is 1. The van der Waals surface area contributed by atoms with Crippen LogP contribution in [-0.4, -0.2) is 78.1 Å². The van der Waals surface area contributed by atoms with E-state index < -0.39 is 6.09 Å². The Morgan fingerprint density at radius 3 is 1.94 bits per heavy atom. The van der Waals surface area contributed by atoms with Crippen molar-refractivity contribution in [1.82, 2.24) is 14.7 Å². The maximum Gasteiger partial charge on any atom is 0.407 e. The van der Waals surface area contributed by atoms with Crippen LogP contribution in [0.1, 0.15) is 12.8 Å². The van der Waals surface area contributed by atoms with Gasteiger partial charge in [0, 0.05) is 32.1 Å². The highest BCUT2D eigenvalue weighted by Gasteiger charge is 2.30. The fourth-order valence-electron chi connectivity index (χ4n) is 2.63. The predicted molar refractivity (Wildman–Crippen MR) is 66.4 cm³/mol. The van der Waals surface area contributed by atoms with Gasteiger partial charge in [-0.25, -0.2) is 4.79 Å². The molecule has 0 aromatic rings. The number of piperidine rings is 1. The largest absolute Gasteiger partial charge is 0.465 e. The highest BCUT2D eigenvalue weighted by molar-refractivity contribution is 5.79. The van der Waals surface area contributed by atoms with Crippen molar-refractivity contribution in [3.63, 3.8) is 0 Å². The van der Waals surface area contributed by atoms with Crippen LogP contribution in [-0.2, 0) is 4.79 Å². The van der Waals surface area contributed by atoms with Crippen LogP contribution in [0.2, 0.25) is 0 Å². The van der Waals surface area contributed by atoms with E-state index in [1.807, 2.05) is 4.90 Å². The third kappa shape index (κ3) is 2.93. The average molecular weight is 255 g/mol. The molecule has 2 rings (SSSR count). The van der Waals surface area contributed by atoms with Gasteiger partial charge in [0.2, 0.25) is 5.91 Å². The number of rotatable bonds is 1. The van der Waals surface area contributed by atoms with Crippen molar-refractivity contribution in [1.29, 1.82) is 0 Å². The minimum Gasteiger partial charge on any atom is -0.465 e. The molecule has 0 aliphatic carbocycles. The lowest BCUT2D eigenvalue weighted by molar-refractivity contribution is -0.138. The molecule has 0 saturated carbocycles. The molecule has 6 nitrogen and oxygen atoms in total. The molecule has 2 fully saturated rings. The summed E-state index contributed by atoms with van der Waals surface area (Å²) in [5, 5.41) is 8.86. The van der Waals surface area contributed by atoms with Crippen LogP contribution < -0.4 is 0 Å². The summed E-state index contributed by atoms with van der Waals surface area (Å²) in [7, 11) is 2.08. The Labute approximate surface area is 107 Å². The Morgan fingerprint density at radius 2 is 1.44 bits per heavy atom. The second-order valence-corrected chi connectivity index (χ2v) is 5.17. The van der Waals surface area contributed by atoms with Crippen LogP contribution in [0.3, 0.4) is 0 Å². The van der Waals surface area contributed by atoms with Crippen molar-refractivity contribution >= 4 is 12.0 Å². The van der Waals surface area contributed by atoms with Crippen molar-refractivity contribution in [3.8, 4) is 0 Å². The number of likely N-dealkylation sites (tertiary alicyclic amines) is 1. The zero-order chi connectivity index (χ0) is 13.1. The van der Waals surface area contributed by atoms with Gasteiger partial charge in [0.25, 0.3) is 0 Å². The SMILES string of the molecule is CN1CCC(C(=O)N2CCN(C(=O)O)CC2)CC1. The van der Waals surface area contributed by atoms with E-state index in [0.717, 1.165) is 25.9 Å². The minimum atomic E-state index is -0.888. The summed E-state index contributed by atoms with van der Waals surface area (Å²) in [4.78, 5) is 28.5. The first-order chi connectivity index (χ1) is 8.58. The number of carboxylic acid groups (broad SMARTS) is 1. The topological polar surface area (TPSA) is 64.1 Å². The van der Waals surface area contributed by atoms with Gasteiger partial charge in [-0.1, -0.05) is 0 Å². The van der Waals surface area contributed by atoms with E-state index in [-0.39, 0.29) is 11.8 Å². The normalized spacial score (nSPS) is 23.2. The van der Waals surface area contributed by atoms with Crippen LogP contribution in [0, 0.1) is 5.92 Å². The van der Waals surface area contributed by atoms with E-state index in [4.69, 9.17) is 5.11 Å². The molecule has 2 aliphatic rings. The lowest BCUT2D eigenvalue weighted by Crippen LogP contribution is -2.52. The maximum absolute atomic E-state index is 12.3. The van der Waals surface area contributed by atoms with Crippen LogP contribution in [0.15, 0.2) is 0 Å². The Hall–Kier alpha value is -1.30. The van der Waals surface area contributed by atoms with Gasteiger partial charge < -0.3 is 19.8 Å². The molecule has 0 aromatic heterocycles. The fraction of sp³-hybridized carbons (Fsp3) is 0.833. The summed E-state index contributed by atoms with van der Waals surface area (Å²) in [5.41, 5.74) is 0. The Morgan fingerprint density at radius 1 is 0.944 bits per heavy atom. The molecule has 2 heterocycles. The molecule has 0 aromatic carbocycles. The van der Waals surface area contributed by atoms with E-state index >= 15 is 0 Å². The summed E-state index contributed by atoms with van der Waals surface area (Å²) < 4.78 is 0. The van der Waals surface area contributed by atoms with Gasteiger partial charge in [-0.3, -0.25) is 4.79 Å². The van der Waals surface area contributed by atoms with Crippen LogP contribution in [0.4, 0.5) is 4.79 Å². The first-order valence-electron chi connectivity index (χ1n) is 6.53. The van der Waals surface area contributed by atoms with E-state index in [2.05, 4.69) is 11.9 Å². The molecule has 2 amide bonds. The van der Waals surface area contributed by atoms with E-state index in [9.17, 15) is 9.59 Å². The summed E-state index contributed by atoms with van der Waals surface area (Å²) in [5.74, 6) is 0.353. The molecule has 0 spiro atoms. The molecule has 0 unspecified atom stereocenters. The second-order valence-electron chi connectivity index (χ2n) is 5.17. The van der Waals surface area contributed by atoms with Crippen molar-refractivity contribution in [3.05, 3.63) is 0 Å². The van der Waals surface area contributed by atoms with E-state index in [1.54, 1.807) is 0 Å². The standard InChI is InChI=1S/C12H21N3O3/c1-13-4-2-10(3-5-13)11(16)14-6-8-15(9-7-14)12(17)18/h10H,2-9H2,1H3,(H,17,18). The predicted octanol–water partition coefficient (Wildman–Crippen LogP) is 0.150. The van der Waals surface area contributed by atoms with Crippen LogP contribution in [0.5, 0.6) is 0 Å². The first-order valence-corrected chi connectivity index (χ1v) is 6.53. The monoisotopic (exact) mass is 255 g/mol. The third-order valence-electron chi connectivity index (χ3n) is 3.93. The fourth-order valence-corrected chi connectivity index (χ4v) is 2.63. The lowest BCUT2D eigenvalue weighted by Gasteiger charge is -2.37. The maximum atomic E-state index is 12.3. The summed E-state index contributed by atoms with van der Waals surface area (Å²) in [6.45, 7) is 3.91. The molecule has 2 saturated heterocycles. The van der Waals surface area contributed by atoms with Gasteiger partial charge in [0.15, 0.2) is 0 Å². The van der Waals surface area contributed by atoms with Gasteiger partial charge in [-0.2, -0.15) is 0 Å².